The molecule has 0 saturated heterocycles. The minimum atomic E-state index is -3.72. The molecule has 2 aromatic carbocycles. The number of ether oxygens (including phenoxy) is 2. The van der Waals surface area contributed by atoms with Crippen LogP contribution >= 0.6 is 0 Å². The number of rotatable bonds is 7. The van der Waals surface area contributed by atoms with Crippen LogP contribution < -0.4 is 19.9 Å². The maximum absolute atomic E-state index is 12.2. The first-order valence-corrected chi connectivity index (χ1v) is 9.39. The Bertz CT molecular complexity index is 893. The van der Waals surface area contributed by atoms with Crippen LogP contribution in [0.1, 0.15) is 16.7 Å². The van der Waals surface area contributed by atoms with Gasteiger partial charge in [0.25, 0.3) is 0 Å². The first-order valence-electron chi connectivity index (χ1n) is 7.84. The van der Waals surface area contributed by atoms with E-state index in [0.29, 0.717) is 11.5 Å². The molecule has 0 aliphatic heterocycles. The Labute approximate surface area is 153 Å². The monoisotopic (exact) mass is 378 g/mol. The van der Waals surface area contributed by atoms with Crippen LogP contribution in [-0.2, 0) is 27.8 Å². The van der Waals surface area contributed by atoms with Crippen LogP contribution in [0.5, 0.6) is 11.5 Å². The zero-order chi connectivity index (χ0) is 19.3. The van der Waals surface area contributed by atoms with Crippen LogP contribution in [0, 0.1) is 6.92 Å². The van der Waals surface area contributed by atoms with E-state index in [9.17, 15) is 13.2 Å². The number of carbonyl (C=O) groups excluding carboxylic acids is 1. The van der Waals surface area contributed by atoms with Crippen molar-refractivity contribution in [1.29, 1.82) is 0 Å². The molecule has 3 N–H and O–H groups in total. The average Bonchev–Trinajstić information content (AvgIpc) is 2.60. The molecule has 0 heterocycles. The second-order valence-electron chi connectivity index (χ2n) is 5.78. The minimum Gasteiger partial charge on any atom is -0.493 e. The van der Waals surface area contributed by atoms with E-state index in [0.717, 1.165) is 16.7 Å². The van der Waals surface area contributed by atoms with Crippen LogP contribution in [0.2, 0.25) is 0 Å². The number of amides is 1. The lowest BCUT2D eigenvalue weighted by Crippen LogP contribution is -2.25. The number of benzene rings is 2. The van der Waals surface area contributed by atoms with Gasteiger partial charge in [0.15, 0.2) is 11.5 Å². The van der Waals surface area contributed by atoms with Crippen molar-refractivity contribution in [2.24, 2.45) is 5.14 Å². The molecule has 0 radical (unpaired) electrons. The Balaban J connectivity index is 2.01. The quantitative estimate of drug-likeness (QED) is 0.759. The number of nitrogens with one attached hydrogen (secondary N) is 1. The number of methoxy groups -OCH3 is 2. The highest BCUT2D eigenvalue weighted by Crippen LogP contribution is 2.30. The lowest BCUT2D eigenvalue weighted by atomic mass is 10.0. The molecule has 0 aromatic heterocycles. The van der Waals surface area contributed by atoms with E-state index in [2.05, 4.69) is 5.32 Å². The van der Waals surface area contributed by atoms with Crippen LogP contribution in [0.15, 0.2) is 41.3 Å². The standard InChI is InChI=1S/C18H22N2O5S/c1-12-8-16(24-2)17(25-3)9-14(12)10-18(21)20-11-13-4-6-15(7-5-13)26(19,22)23/h4-9H,10-11H2,1-3H3,(H,20,21)(H2,19,22,23). The van der Waals surface area contributed by atoms with E-state index in [1.165, 1.54) is 12.1 Å². The van der Waals surface area contributed by atoms with Crippen LogP contribution in [0.25, 0.3) is 0 Å². The van der Waals surface area contributed by atoms with Crippen molar-refractivity contribution in [1.82, 2.24) is 5.32 Å². The fourth-order valence-electron chi connectivity index (χ4n) is 2.45. The second-order valence-corrected chi connectivity index (χ2v) is 7.34. The Morgan fingerprint density at radius 1 is 1.08 bits per heavy atom. The lowest BCUT2D eigenvalue weighted by molar-refractivity contribution is -0.120. The second kappa shape index (κ2) is 8.20. The van der Waals surface area contributed by atoms with Gasteiger partial charge in [-0.3, -0.25) is 4.79 Å². The molecule has 140 valence electrons. The Morgan fingerprint density at radius 2 is 1.65 bits per heavy atom. The number of aryl methyl sites for hydroxylation is 1. The SMILES string of the molecule is COc1cc(C)c(CC(=O)NCc2ccc(S(N)(=O)=O)cc2)cc1OC. The summed E-state index contributed by atoms with van der Waals surface area (Å²) < 4.78 is 33.0. The van der Waals surface area contributed by atoms with E-state index in [1.807, 2.05) is 13.0 Å². The van der Waals surface area contributed by atoms with Crippen LogP contribution in [-0.4, -0.2) is 28.5 Å². The van der Waals surface area contributed by atoms with Gasteiger partial charge in [-0.05, 0) is 47.9 Å². The third-order valence-electron chi connectivity index (χ3n) is 3.93. The molecule has 1 amide bonds. The smallest absolute Gasteiger partial charge is 0.238 e. The molecule has 8 heteroatoms. The first-order chi connectivity index (χ1) is 12.2. The largest absolute Gasteiger partial charge is 0.493 e. The first kappa shape index (κ1) is 19.7. The van der Waals surface area contributed by atoms with E-state index in [-0.39, 0.29) is 23.8 Å². The fraction of sp³-hybridized carbons (Fsp3) is 0.278. The number of carbonyl (C=O) groups is 1. The molecule has 2 rings (SSSR count). The maximum atomic E-state index is 12.2. The van der Waals surface area contributed by atoms with Crippen molar-refractivity contribution < 1.29 is 22.7 Å². The van der Waals surface area contributed by atoms with Crippen molar-refractivity contribution >= 4 is 15.9 Å². The van der Waals surface area contributed by atoms with Gasteiger partial charge in [-0.15, -0.1) is 0 Å². The van der Waals surface area contributed by atoms with Gasteiger partial charge in [0.2, 0.25) is 15.9 Å². The number of hydrogen-bond acceptors (Lipinski definition) is 5. The normalized spacial score (nSPS) is 11.1. The summed E-state index contributed by atoms with van der Waals surface area (Å²) in [5.41, 5.74) is 2.54. The molecule has 0 bridgehead atoms. The fourth-order valence-corrected chi connectivity index (χ4v) is 2.96. The van der Waals surface area contributed by atoms with Crippen LogP contribution in [0.4, 0.5) is 0 Å². The molecule has 0 saturated carbocycles. The summed E-state index contributed by atoms with van der Waals surface area (Å²) in [7, 11) is -0.614. The number of primary sulfonamides is 1. The van der Waals surface area contributed by atoms with Gasteiger partial charge < -0.3 is 14.8 Å². The number of sulfonamides is 1. The van der Waals surface area contributed by atoms with Crippen LogP contribution in [0.3, 0.4) is 0 Å². The zero-order valence-electron chi connectivity index (χ0n) is 14.9. The van der Waals surface area contributed by atoms with Gasteiger partial charge in [-0.1, -0.05) is 12.1 Å². The highest BCUT2D eigenvalue weighted by atomic mass is 32.2. The molecule has 0 aliphatic rings. The zero-order valence-corrected chi connectivity index (χ0v) is 15.7. The van der Waals surface area contributed by atoms with Crippen molar-refractivity contribution in [3.05, 3.63) is 53.1 Å². The summed E-state index contributed by atoms with van der Waals surface area (Å²) in [4.78, 5) is 12.3. The average molecular weight is 378 g/mol. The molecule has 7 nitrogen and oxygen atoms in total. The molecule has 0 aliphatic carbocycles. The highest BCUT2D eigenvalue weighted by Gasteiger charge is 2.12. The topological polar surface area (TPSA) is 108 Å². The molecular weight excluding hydrogens is 356 g/mol. The van der Waals surface area contributed by atoms with Crippen molar-refractivity contribution in [2.75, 3.05) is 14.2 Å². The van der Waals surface area contributed by atoms with Crippen molar-refractivity contribution in [2.45, 2.75) is 24.8 Å². The predicted octanol–water partition coefficient (Wildman–Crippen LogP) is 1.52. The molecule has 26 heavy (non-hydrogen) atoms. The lowest BCUT2D eigenvalue weighted by Gasteiger charge is -2.13. The minimum absolute atomic E-state index is 0.0357. The third-order valence-corrected chi connectivity index (χ3v) is 4.86. The molecular formula is C18H22N2O5S. The van der Waals surface area contributed by atoms with E-state index in [1.54, 1.807) is 32.4 Å². The van der Waals surface area contributed by atoms with E-state index < -0.39 is 10.0 Å². The van der Waals surface area contributed by atoms with E-state index >= 15 is 0 Å². The Kier molecular flexibility index (Phi) is 6.23. The summed E-state index contributed by atoms with van der Waals surface area (Å²) in [5, 5.41) is 7.86. The molecule has 0 spiro atoms. The number of nitrogens with two attached hydrogens (primary N) is 1. The van der Waals surface area contributed by atoms with Crippen molar-refractivity contribution in [3.63, 3.8) is 0 Å². The predicted molar refractivity (Wildman–Crippen MR) is 97.6 cm³/mol. The van der Waals surface area contributed by atoms with Gasteiger partial charge in [-0.2, -0.15) is 0 Å². The summed E-state index contributed by atoms with van der Waals surface area (Å²) in [5.74, 6) is 1.03. The summed E-state index contributed by atoms with van der Waals surface area (Å²) in [6.07, 6.45) is 0.196. The van der Waals surface area contributed by atoms with Gasteiger partial charge in [-0.25, -0.2) is 13.6 Å². The van der Waals surface area contributed by atoms with Crippen molar-refractivity contribution in [3.8, 4) is 11.5 Å². The number of hydrogen-bond donors (Lipinski definition) is 2. The molecule has 0 atom stereocenters. The Morgan fingerprint density at radius 3 is 2.19 bits per heavy atom. The van der Waals surface area contributed by atoms with Gasteiger partial charge in [0.05, 0.1) is 25.5 Å². The highest BCUT2D eigenvalue weighted by molar-refractivity contribution is 7.89. The summed E-state index contributed by atoms with van der Waals surface area (Å²) in [6.45, 7) is 2.19. The van der Waals surface area contributed by atoms with E-state index in [4.69, 9.17) is 14.6 Å². The third kappa shape index (κ3) is 4.96. The van der Waals surface area contributed by atoms with Gasteiger partial charge in [0, 0.05) is 6.54 Å². The summed E-state index contributed by atoms with van der Waals surface area (Å²) >= 11 is 0. The molecule has 2 aromatic rings. The maximum Gasteiger partial charge on any atom is 0.238 e. The van der Waals surface area contributed by atoms with Gasteiger partial charge in [0.1, 0.15) is 0 Å². The summed E-state index contributed by atoms with van der Waals surface area (Å²) in [6, 6.07) is 9.66. The van der Waals surface area contributed by atoms with Gasteiger partial charge >= 0.3 is 0 Å². The molecule has 0 unspecified atom stereocenters. The Hall–Kier alpha value is -2.58. The molecule has 0 fully saturated rings.